The summed E-state index contributed by atoms with van der Waals surface area (Å²) in [6.07, 6.45) is 2.90. The van der Waals surface area contributed by atoms with Gasteiger partial charge in [-0.15, -0.1) is 5.10 Å². The SMILES string of the molecule is Cn1cc(Nc2nc(N[C@@H]3c4ccccc4CC3F)c3cc[nH]c3n2)nn1. The van der Waals surface area contributed by atoms with Gasteiger partial charge in [0.2, 0.25) is 5.95 Å². The summed E-state index contributed by atoms with van der Waals surface area (Å²) in [5, 5.41) is 15.0. The maximum Gasteiger partial charge on any atom is 0.232 e. The molecule has 136 valence electrons. The average molecular weight is 364 g/mol. The van der Waals surface area contributed by atoms with Gasteiger partial charge in [-0.2, -0.15) is 9.97 Å². The van der Waals surface area contributed by atoms with Crippen LogP contribution in [-0.2, 0) is 13.5 Å². The minimum absolute atomic E-state index is 0.356. The standard InChI is InChI=1S/C18H17FN8/c1-27-9-14(25-26-27)21-18-23-16-12(6-7-20-16)17(24-18)22-15-11-5-3-2-4-10(11)8-13(15)19/h2-7,9,13,15H,8H2,1H3,(H3,20,21,22,23,24)/t13?,15-/m1/s1. The van der Waals surface area contributed by atoms with E-state index in [1.807, 2.05) is 30.3 Å². The molecule has 1 aliphatic rings. The summed E-state index contributed by atoms with van der Waals surface area (Å²) in [6, 6.07) is 9.22. The Morgan fingerprint density at radius 3 is 2.96 bits per heavy atom. The third-order valence-corrected chi connectivity index (χ3v) is 4.72. The maximum absolute atomic E-state index is 14.7. The molecule has 0 fully saturated rings. The highest BCUT2D eigenvalue weighted by atomic mass is 19.1. The Kier molecular flexibility index (Phi) is 3.52. The first-order valence-corrected chi connectivity index (χ1v) is 8.64. The van der Waals surface area contributed by atoms with Gasteiger partial charge in [-0.05, 0) is 17.2 Å². The first-order valence-electron chi connectivity index (χ1n) is 8.64. The molecule has 1 aliphatic carbocycles. The average Bonchev–Trinajstić information content (AvgIpc) is 3.35. The number of aromatic amines is 1. The number of halogens is 1. The van der Waals surface area contributed by atoms with E-state index in [1.54, 1.807) is 24.1 Å². The summed E-state index contributed by atoms with van der Waals surface area (Å²) in [6.45, 7) is 0. The lowest BCUT2D eigenvalue weighted by Crippen LogP contribution is -2.19. The molecule has 1 aromatic carbocycles. The minimum atomic E-state index is -1.01. The molecule has 0 spiro atoms. The van der Waals surface area contributed by atoms with Gasteiger partial charge in [-0.25, -0.2) is 4.39 Å². The van der Waals surface area contributed by atoms with Gasteiger partial charge in [0, 0.05) is 19.7 Å². The molecule has 27 heavy (non-hydrogen) atoms. The van der Waals surface area contributed by atoms with Crippen molar-refractivity contribution < 1.29 is 4.39 Å². The lowest BCUT2D eigenvalue weighted by atomic mass is 10.1. The smallest absolute Gasteiger partial charge is 0.232 e. The van der Waals surface area contributed by atoms with Crippen LogP contribution in [0.5, 0.6) is 0 Å². The zero-order valence-corrected chi connectivity index (χ0v) is 14.5. The van der Waals surface area contributed by atoms with Crippen molar-refractivity contribution in [1.82, 2.24) is 29.9 Å². The molecule has 0 saturated heterocycles. The number of H-pyrrole nitrogens is 1. The van der Waals surface area contributed by atoms with Gasteiger partial charge in [0.1, 0.15) is 17.6 Å². The summed E-state index contributed by atoms with van der Waals surface area (Å²) in [5.41, 5.74) is 2.65. The summed E-state index contributed by atoms with van der Waals surface area (Å²) in [4.78, 5) is 12.1. The van der Waals surface area contributed by atoms with E-state index in [4.69, 9.17) is 0 Å². The largest absolute Gasteiger partial charge is 0.360 e. The van der Waals surface area contributed by atoms with Crippen molar-refractivity contribution in [2.45, 2.75) is 18.6 Å². The van der Waals surface area contributed by atoms with Gasteiger partial charge < -0.3 is 15.6 Å². The van der Waals surface area contributed by atoms with E-state index in [9.17, 15) is 4.39 Å². The van der Waals surface area contributed by atoms with Crippen molar-refractivity contribution in [3.8, 4) is 0 Å². The Morgan fingerprint density at radius 1 is 1.22 bits per heavy atom. The van der Waals surface area contributed by atoms with Crippen LogP contribution in [0.25, 0.3) is 11.0 Å². The van der Waals surface area contributed by atoms with Crippen molar-refractivity contribution in [2.24, 2.45) is 7.05 Å². The van der Waals surface area contributed by atoms with Crippen molar-refractivity contribution in [1.29, 1.82) is 0 Å². The van der Waals surface area contributed by atoms with Crippen molar-refractivity contribution >= 4 is 28.6 Å². The quantitative estimate of drug-likeness (QED) is 0.515. The van der Waals surface area contributed by atoms with Crippen molar-refractivity contribution in [3.63, 3.8) is 0 Å². The minimum Gasteiger partial charge on any atom is -0.360 e. The Bertz CT molecular complexity index is 1120. The van der Waals surface area contributed by atoms with Gasteiger partial charge in [0.25, 0.3) is 0 Å². The number of anilines is 3. The number of aromatic nitrogens is 6. The van der Waals surface area contributed by atoms with E-state index >= 15 is 0 Å². The Morgan fingerprint density at radius 2 is 2.11 bits per heavy atom. The molecule has 0 amide bonds. The zero-order valence-electron chi connectivity index (χ0n) is 14.5. The fourth-order valence-corrected chi connectivity index (χ4v) is 3.49. The molecule has 3 N–H and O–H groups in total. The van der Waals surface area contributed by atoms with Crippen molar-refractivity contribution in [2.75, 3.05) is 10.6 Å². The third-order valence-electron chi connectivity index (χ3n) is 4.72. The zero-order chi connectivity index (χ0) is 18.4. The number of fused-ring (bicyclic) bond motifs is 2. The number of alkyl halides is 1. The van der Waals surface area contributed by atoms with Crippen LogP contribution >= 0.6 is 0 Å². The number of nitrogens with one attached hydrogen (secondary N) is 3. The van der Waals surface area contributed by atoms with Gasteiger partial charge in [0.05, 0.1) is 17.6 Å². The van der Waals surface area contributed by atoms with E-state index in [0.717, 1.165) is 16.5 Å². The molecule has 8 nitrogen and oxygen atoms in total. The highest BCUT2D eigenvalue weighted by molar-refractivity contribution is 5.88. The Hall–Kier alpha value is -3.49. The molecule has 2 atom stereocenters. The molecule has 0 saturated carbocycles. The monoisotopic (exact) mass is 364 g/mol. The topological polar surface area (TPSA) is 96.3 Å². The Balaban J connectivity index is 1.52. The summed E-state index contributed by atoms with van der Waals surface area (Å²) >= 11 is 0. The van der Waals surface area contributed by atoms with Crippen LogP contribution in [-0.4, -0.2) is 36.1 Å². The fraction of sp³-hybridized carbons (Fsp3) is 0.222. The normalized spacial score (nSPS) is 18.6. The van der Waals surface area contributed by atoms with Crippen LogP contribution in [0.4, 0.5) is 22.0 Å². The molecular weight excluding hydrogens is 347 g/mol. The van der Waals surface area contributed by atoms with Gasteiger partial charge >= 0.3 is 0 Å². The first kappa shape index (κ1) is 15.7. The molecule has 9 heteroatoms. The molecule has 5 rings (SSSR count). The molecule has 0 aliphatic heterocycles. The fourth-order valence-electron chi connectivity index (χ4n) is 3.49. The number of benzene rings is 1. The number of aryl methyl sites for hydroxylation is 1. The highest BCUT2D eigenvalue weighted by Gasteiger charge is 2.33. The second kappa shape index (κ2) is 6.04. The highest BCUT2D eigenvalue weighted by Crippen LogP contribution is 2.37. The van der Waals surface area contributed by atoms with E-state index in [0.29, 0.717) is 29.7 Å². The van der Waals surface area contributed by atoms with Crippen LogP contribution in [0.15, 0.2) is 42.7 Å². The number of hydrogen-bond donors (Lipinski definition) is 3. The van der Waals surface area contributed by atoms with Crippen LogP contribution in [0, 0.1) is 0 Å². The van der Waals surface area contributed by atoms with Crippen molar-refractivity contribution in [3.05, 3.63) is 53.9 Å². The van der Waals surface area contributed by atoms with Gasteiger partial charge in [0.15, 0.2) is 5.82 Å². The summed E-state index contributed by atoms with van der Waals surface area (Å²) in [5.74, 6) is 1.45. The van der Waals surface area contributed by atoms with E-state index < -0.39 is 12.2 Å². The summed E-state index contributed by atoms with van der Waals surface area (Å²) < 4.78 is 16.3. The van der Waals surface area contributed by atoms with E-state index in [-0.39, 0.29) is 0 Å². The molecule has 3 heterocycles. The molecule has 1 unspecified atom stereocenters. The number of nitrogens with zero attached hydrogens (tertiary/aromatic N) is 5. The molecular formula is C18H17FN8. The second-order valence-electron chi connectivity index (χ2n) is 6.58. The lowest BCUT2D eigenvalue weighted by molar-refractivity contribution is 0.315. The predicted molar refractivity (Wildman–Crippen MR) is 99.6 cm³/mol. The maximum atomic E-state index is 14.7. The van der Waals surface area contributed by atoms with E-state index in [1.165, 1.54) is 0 Å². The molecule has 4 aromatic rings. The molecule has 3 aromatic heterocycles. The van der Waals surface area contributed by atoms with Gasteiger partial charge in [-0.1, -0.05) is 29.5 Å². The number of hydrogen-bond acceptors (Lipinski definition) is 6. The molecule has 0 radical (unpaired) electrons. The molecule has 0 bridgehead atoms. The summed E-state index contributed by atoms with van der Waals surface area (Å²) in [7, 11) is 1.78. The third kappa shape index (κ3) is 2.77. The van der Waals surface area contributed by atoms with Crippen LogP contribution in [0.1, 0.15) is 17.2 Å². The van der Waals surface area contributed by atoms with Gasteiger partial charge in [-0.3, -0.25) is 4.68 Å². The lowest BCUT2D eigenvalue weighted by Gasteiger charge is -2.18. The van der Waals surface area contributed by atoms with Crippen LogP contribution in [0.3, 0.4) is 0 Å². The number of rotatable bonds is 4. The predicted octanol–water partition coefficient (Wildman–Crippen LogP) is 2.88. The van der Waals surface area contributed by atoms with Crippen LogP contribution < -0.4 is 10.6 Å². The van der Waals surface area contributed by atoms with E-state index in [2.05, 4.69) is 35.9 Å². The first-order chi connectivity index (χ1) is 13.2. The Labute approximate surface area is 153 Å². The second-order valence-corrected chi connectivity index (χ2v) is 6.58. The van der Waals surface area contributed by atoms with Crippen LogP contribution in [0.2, 0.25) is 0 Å².